The van der Waals surface area contributed by atoms with Crippen LogP contribution in [0.15, 0.2) is 47.6 Å². The van der Waals surface area contributed by atoms with E-state index in [1.54, 1.807) is 56.7 Å². The SMILES string of the molecule is COc1ccc(C=NNC(=O)c2ccccc2Cl)c(OC)c1. The van der Waals surface area contributed by atoms with E-state index >= 15 is 0 Å². The largest absolute Gasteiger partial charge is 0.497 e. The number of ether oxygens (including phenoxy) is 2. The summed E-state index contributed by atoms with van der Waals surface area (Å²) in [7, 11) is 3.13. The number of hydrazone groups is 1. The molecule has 0 aliphatic heterocycles. The number of amides is 1. The summed E-state index contributed by atoms with van der Waals surface area (Å²) >= 11 is 5.95. The number of nitrogens with one attached hydrogen (secondary N) is 1. The zero-order valence-electron chi connectivity index (χ0n) is 12.2. The third-order valence-electron chi connectivity index (χ3n) is 2.93. The molecule has 0 saturated heterocycles. The van der Waals surface area contributed by atoms with Crippen LogP contribution in [0.2, 0.25) is 5.02 Å². The van der Waals surface area contributed by atoms with Crippen molar-refractivity contribution in [3.63, 3.8) is 0 Å². The molecule has 0 spiro atoms. The first-order chi connectivity index (χ1) is 10.7. The van der Waals surface area contributed by atoms with E-state index in [4.69, 9.17) is 21.1 Å². The van der Waals surface area contributed by atoms with E-state index in [1.165, 1.54) is 6.21 Å². The lowest BCUT2D eigenvalue weighted by Gasteiger charge is -2.07. The third kappa shape index (κ3) is 3.77. The Bertz CT molecular complexity index is 702. The highest BCUT2D eigenvalue weighted by atomic mass is 35.5. The molecule has 2 rings (SSSR count). The van der Waals surface area contributed by atoms with Crippen LogP contribution in [0, 0.1) is 0 Å². The first-order valence-corrected chi connectivity index (χ1v) is 6.83. The number of benzene rings is 2. The molecule has 0 aromatic heterocycles. The van der Waals surface area contributed by atoms with E-state index in [9.17, 15) is 4.79 Å². The van der Waals surface area contributed by atoms with Crippen molar-refractivity contribution < 1.29 is 14.3 Å². The van der Waals surface area contributed by atoms with Crippen LogP contribution in [0.3, 0.4) is 0 Å². The maximum atomic E-state index is 12.0. The van der Waals surface area contributed by atoms with Crippen molar-refractivity contribution in [2.45, 2.75) is 0 Å². The fraction of sp³-hybridized carbons (Fsp3) is 0.125. The van der Waals surface area contributed by atoms with Crippen LogP contribution < -0.4 is 14.9 Å². The lowest BCUT2D eigenvalue weighted by molar-refractivity contribution is 0.0955. The predicted molar refractivity (Wildman–Crippen MR) is 86.1 cm³/mol. The zero-order chi connectivity index (χ0) is 15.9. The fourth-order valence-electron chi connectivity index (χ4n) is 1.79. The van der Waals surface area contributed by atoms with E-state index in [1.807, 2.05) is 0 Å². The van der Waals surface area contributed by atoms with Gasteiger partial charge in [0, 0.05) is 11.6 Å². The number of methoxy groups -OCH3 is 2. The minimum atomic E-state index is -0.380. The van der Waals surface area contributed by atoms with Gasteiger partial charge in [0.25, 0.3) is 5.91 Å². The van der Waals surface area contributed by atoms with Gasteiger partial charge >= 0.3 is 0 Å². The van der Waals surface area contributed by atoms with Gasteiger partial charge in [-0.2, -0.15) is 5.10 Å². The molecule has 2 aromatic carbocycles. The van der Waals surface area contributed by atoms with Crippen molar-refractivity contribution in [1.82, 2.24) is 5.43 Å². The van der Waals surface area contributed by atoms with Crippen LogP contribution in [0.1, 0.15) is 15.9 Å². The first kappa shape index (κ1) is 15.9. The molecule has 0 saturated carbocycles. The maximum Gasteiger partial charge on any atom is 0.272 e. The molecule has 0 fully saturated rings. The maximum absolute atomic E-state index is 12.0. The van der Waals surface area contributed by atoms with Crippen LogP contribution in [-0.4, -0.2) is 26.3 Å². The summed E-state index contributed by atoms with van der Waals surface area (Å²) in [4.78, 5) is 12.0. The Morgan fingerprint density at radius 1 is 1.18 bits per heavy atom. The number of carbonyl (C=O) groups is 1. The molecule has 0 atom stereocenters. The third-order valence-corrected chi connectivity index (χ3v) is 3.26. The highest BCUT2D eigenvalue weighted by molar-refractivity contribution is 6.33. The van der Waals surface area contributed by atoms with Crippen LogP contribution >= 0.6 is 11.6 Å². The second kappa shape index (κ2) is 7.47. The van der Waals surface area contributed by atoms with Crippen LogP contribution in [0.5, 0.6) is 11.5 Å². The molecule has 22 heavy (non-hydrogen) atoms. The van der Waals surface area contributed by atoms with Gasteiger partial charge in [-0.25, -0.2) is 5.43 Å². The molecule has 5 nitrogen and oxygen atoms in total. The van der Waals surface area contributed by atoms with Gasteiger partial charge in [0.1, 0.15) is 11.5 Å². The van der Waals surface area contributed by atoms with Crippen LogP contribution in [-0.2, 0) is 0 Å². The van der Waals surface area contributed by atoms with Crippen LogP contribution in [0.4, 0.5) is 0 Å². The highest BCUT2D eigenvalue weighted by Gasteiger charge is 2.08. The normalized spacial score (nSPS) is 10.5. The van der Waals surface area contributed by atoms with Gasteiger partial charge in [-0.1, -0.05) is 23.7 Å². The quantitative estimate of drug-likeness (QED) is 0.680. The van der Waals surface area contributed by atoms with Gasteiger partial charge < -0.3 is 9.47 Å². The number of hydrogen-bond donors (Lipinski definition) is 1. The van der Waals surface area contributed by atoms with Crippen molar-refractivity contribution in [1.29, 1.82) is 0 Å². The molecule has 114 valence electrons. The van der Waals surface area contributed by atoms with Gasteiger partial charge in [0.2, 0.25) is 0 Å². The lowest BCUT2D eigenvalue weighted by atomic mass is 10.2. The number of carbonyl (C=O) groups excluding carboxylic acids is 1. The molecule has 0 unspecified atom stereocenters. The summed E-state index contributed by atoms with van der Waals surface area (Å²) in [6, 6.07) is 12.1. The molecule has 0 aliphatic carbocycles. The number of halogens is 1. The Morgan fingerprint density at radius 3 is 2.64 bits per heavy atom. The smallest absolute Gasteiger partial charge is 0.272 e. The first-order valence-electron chi connectivity index (χ1n) is 6.45. The van der Waals surface area contributed by atoms with Crippen molar-refractivity contribution in [2.24, 2.45) is 5.10 Å². The molecule has 6 heteroatoms. The van der Waals surface area contributed by atoms with Gasteiger partial charge in [0.05, 0.1) is 31.0 Å². The average Bonchev–Trinajstić information content (AvgIpc) is 2.55. The average molecular weight is 319 g/mol. The number of nitrogens with zero attached hydrogens (tertiary/aromatic N) is 1. The molecule has 2 aromatic rings. The second-order valence-corrected chi connectivity index (χ2v) is 4.69. The second-order valence-electron chi connectivity index (χ2n) is 4.29. The van der Waals surface area contributed by atoms with E-state index in [0.717, 1.165) is 0 Å². The Hall–Kier alpha value is -2.53. The molecule has 0 radical (unpaired) electrons. The molecule has 1 N–H and O–H groups in total. The molecular weight excluding hydrogens is 304 g/mol. The van der Waals surface area contributed by atoms with E-state index in [-0.39, 0.29) is 5.91 Å². The molecular formula is C16H15ClN2O3. The van der Waals surface area contributed by atoms with E-state index < -0.39 is 0 Å². The summed E-state index contributed by atoms with van der Waals surface area (Å²) in [6.07, 6.45) is 1.49. The van der Waals surface area contributed by atoms with Gasteiger partial charge in [-0.3, -0.25) is 4.79 Å². The standard InChI is InChI=1S/C16H15ClN2O3/c1-21-12-8-7-11(15(9-12)22-2)10-18-19-16(20)13-5-3-4-6-14(13)17/h3-10H,1-2H3,(H,19,20). The van der Waals surface area contributed by atoms with Gasteiger partial charge in [-0.05, 0) is 24.3 Å². The number of hydrogen-bond acceptors (Lipinski definition) is 4. The molecule has 0 heterocycles. The van der Waals surface area contributed by atoms with Crippen molar-refractivity contribution >= 4 is 23.7 Å². The summed E-state index contributed by atoms with van der Waals surface area (Å²) in [5, 5.41) is 4.29. The van der Waals surface area contributed by atoms with Crippen molar-refractivity contribution in [2.75, 3.05) is 14.2 Å². The minimum Gasteiger partial charge on any atom is -0.497 e. The van der Waals surface area contributed by atoms with Gasteiger partial charge in [-0.15, -0.1) is 0 Å². The van der Waals surface area contributed by atoms with Crippen LogP contribution in [0.25, 0.3) is 0 Å². The predicted octanol–water partition coefficient (Wildman–Crippen LogP) is 3.12. The fourth-order valence-corrected chi connectivity index (χ4v) is 2.01. The Morgan fingerprint density at radius 2 is 1.95 bits per heavy atom. The molecule has 0 aliphatic rings. The Labute approximate surface area is 133 Å². The molecule has 0 bridgehead atoms. The Kier molecular flexibility index (Phi) is 5.38. The summed E-state index contributed by atoms with van der Waals surface area (Å²) < 4.78 is 10.4. The van der Waals surface area contributed by atoms with Crippen molar-refractivity contribution in [3.05, 3.63) is 58.6 Å². The lowest BCUT2D eigenvalue weighted by Crippen LogP contribution is -2.18. The number of rotatable bonds is 5. The Balaban J connectivity index is 2.10. The van der Waals surface area contributed by atoms with Crippen molar-refractivity contribution in [3.8, 4) is 11.5 Å². The summed E-state index contributed by atoms with van der Waals surface area (Å²) in [6.45, 7) is 0. The summed E-state index contributed by atoms with van der Waals surface area (Å²) in [5.41, 5.74) is 3.50. The summed E-state index contributed by atoms with van der Waals surface area (Å²) in [5.74, 6) is 0.888. The van der Waals surface area contributed by atoms with E-state index in [0.29, 0.717) is 27.6 Å². The topological polar surface area (TPSA) is 59.9 Å². The van der Waals surface area contributed by atoms with Gasteiger partial charge in [0.15, 0.2) is 0 Å². The van der Waals surface area contributed by atoms with E-state index in [2.05, 4.69) is 10.5 Å². The molecule has 1 amide bonds. The monoisotopic (exact) mass is 318 g/mol. The highest BCUT2D eigenvalue weighted by Crippen LogP contribution is 2.23. The zero-order valence-corrected chi connectivity index (χ0v) is 12.9. The minimum absolute atomic E-state index is 0.364.